The third-order valence-corrected chi connectivity index (χ3v) is 5.33. The molecule has 6 heteroatoms. The van der Waals surface area contributed by atoms with E-state index in [1.165, 1.54) is 7.11 Å². The predicted molar refractivity (Wildman–Crippen MR) is 109 cm³/mol. The first-order valence-corrected chi connectivity index (χ1v) is 9.81. The molecule has 1 aliphatic rings. The fraction of sp³-hybridized carbons (Fsp3) is 0.391. The second kappa shape index (κ2) is 9.96. The molecule has 1 aliphatic heterocycles. The van der Waals surface area contributed by atoms with Crippen LogP contribution in [0.4, 0.5) is 4.79 Å². The van der Waals surface area contributed by atoms with E-state index in [9.17, 15) is 9.59 Å². The molecule has 154 valence electrons. The summed E-state index contributed by atoms with van der Waals surface area (Å²) in [7, 11) is 2.99. The van der Waals surface area contributed by atoms with Crippen LogP contribution in [0.5, 0.6) is 5.75 Å². The van der Waals surface area contributed by atoms with E-state index in [-0.39, 0.29) is 24.7 Å². The van der Waals surface area contributed by atoms with E-state index in [0.29, 0.717) is 13.0 Å². The van der Waals surface area contributed by atoms with Gasteiger partial charge in [-0.1, -0.05) is 42.5 Å². The summed E-state index contributed by atoms with van der Waals surface area (Å²) >= 11 is 0. The van der Waals surface area contributed by atoms with Gasteiger partial charge in [0.2, 0.25) is 0 Å². The Morgan fingerprint density at radius 3 is 2.45 bits per heavy atom. The van der Waals surface area contributed by atoms with Crippen LogP contribution in [-0.2, 0) is 20.9 Å². The van der Waals surface area contributed by atoms with Crippen LogP contribution in [0.25, 0.3) is 0 Å². The van der Waals surface area contributed by atoms with Crippen molar-refractivity contribution in [2.75, 3.05) is 20.8 Å². The van der Waals surface area contributed by atoms with E-state index < -0.39 is 5.92 Å². The number of benzene rings is 2. The average molecular weight is 397 g/mol. The summed E-state index contributed by atoms with van der Waals surface area (Å²) < 4.78 is 15.7. The molecule has 6 nitrogen and oxygen atoms in total. The zero-order valence-corrected chi connectivity index (χ0v) is 16.9. The van der Waals surface area contributed by atoms with Crippen molar-refractivity contribution < 1.29 is 23.8 Å². The standard InChI is InChI=1S/C23H27NO5/c1-27-20-12-10-18(11-13-20)21(22(25)28-2)15-19-9-6-14-24(19)23(26)29-16-17-7-4-3-5-8-17/h3-5,7-8,10-13,19,21H,6,9,14-16H2,1-2H3. The van der Waals surface area contributed by atoms with Crippen LogP contribution in [0.3, 0.4) is 0 Å². The van der Waals surface area contributed by atoms with Crippen molar-refractivity contribution in [3.05, 3.63) is 65.7 Å². The van der Waals surface area contributed by atoms with Crippen LogP contribution in [0.2, 0.25) is 0 Å². The molecule has 0 bridgehead atoms. The highest BCUT2D eigenvalue weighted by atomic mass is 16.6. The van der Waals surface area contributed by atoms with Gasteiger partial charge in [-0.25, -0.2) is 4.79 Å². The highest BCUT2D eigenvalue weighted by molar-refractivity contribution is 5.78. The van der Waals surface area contributed by atoms with Crippen molar-refractivity contribution in [2.45, 2.75) is 37.8 Å². The first-order valence-electron chi connectivity index (χ1n) is 9.81. The van der Waals surface area contributed by atoms with E-state index in [2.05, 4.69) is 0 Å². The van der Waals surface area contributed by atoms with Gasteiger partial charge in [0.05, 0.1) is 20.1 Å². The van der Waals surface area contributed by atoms with E-state index in [4.69, 9.17) is 14.2 Å². The Bertz CT molecular complexity index is 806. The maximum absolute atomic E-state index is 12.6. The predicted octanol–water partition coefficient (Wildman–Crippen LogP) is 4.14. The lowest BCUT2D eigenvalue weighted by Crippen LogP contribution is -2.37. The Morgan fingerprint density at radius 1 is 1.07 bits per heavy atom. The summed E-state index contributed by atoms with van der Waals surface area (Å²) in [6, 6.07) is 16.9. The molecule has 1 saturated heterocycles. The van der Waals surface area contributed by atoms with Gasteiger partial charge < -0.3 is 19.1 Å². The van der Waals surface area contributed by atoms with Gasteiger partial charge in [-0.2, -0.15) is 0 Å². The SMILES string of the molecule is COC(=O)C(CC1CCCN1C(=O)OCc1ccccc1)c1ccc(OC)cc1. The minimum atomic E-state index is -0.446. The number of carbonyl (C=O) groups is 2. The monoisotopic (exact) mass is 397 g/mol. The van der Waals surface area contributed by atoms with Gasteiger partial charge in [-0.15, -0.1) is 0 Å². The van der Waals surface area contributed by atoms with Gasteiger partial charge in [0.1, 0.15) is 12.4 Å². The fourth-order valence-electron chi connectivity index (χ4n) is 3.74. The summed E-state index contributed by atoms with van der Waals surface area (Å²) in [5.41, 5.74) is 1.80. The van der Waals surface area contributed by atoms with Crippen molar-refractivity contribution in [3.8, 4) is 5.75 Å². The molecule has 3 rings (SSSR count). The van der Waals surface area contributed by atoms with Gasteiger partial charge in [0.15, 0.2) is 0 Å². The maximum atomic E-state index is 12.6. The second-order valence-electron chi connectivity index (χ2n) is 7.11. The van der Waals surface area contributed by atoms with Crippen molar-refractivity contribution in [1.29, 1.82) is 0 Å². The number of rotatable bonds is 7. The zero-order valence-electron chi connectivity index (χ0n) is 16.9. The number of amides is 1. The number of hydrogen-bond donors (Lipinski definition) is 0. The van der Waals surface area contributed by atoms with Crippen molar-refractivity contribution in [1.82, 2.24) is 4.90 Å². The van der Waals surface area contributed by atoms with Crippen molar-refractivity contribution in [3.63, 3.8) is 0 Å². The largest absolute Gasteiger partial charge is 0.497 e. The molecule has 0 aromatic heterocycles. The molecule has 2 unspecified atom stereocenters. The van der Waals surface area contributed by atoms with Gasteiger partial charge in [-0.05, 0) is 42.5 Å². The van der Waals surface area contributed by atoms with Crippen LogP contribution >= 0.6 is 0 Å². The lowest BCUT2D eigenvalue weighted by atomic mass is 9.91. The second-order valence-corrected chi connectivity index (χ2v) is 7.11. The quantitative estimate of drug-likeness (QED) is 0.657. The van der Waals surface area contributed by atoms with E-state index >= 15 is 0 Å². The maximum Gasteiger partial charge on any atom is 0.410 e. The molecule has 2 aromatic rings. The third-order valence-electron chi connectivity index (χ3n) is 5.33. The summed E-state index contributed by atoms with van der Waals surface area (Å²) in [5.74, 6) is -0.0255. The highest BCUT2D eigenvalue weighted by Gasteiger charge is 2.34. The number of ether oxygens (including phenoxy) is 3. The summed E-state index contributed by atoms with van der Waals surface area (Å²) in [6.07, 6.45) is 1.89. The van der Waals surface area contributed by atoms with Crippen LogP contribution in [-0.4, -0.2) is 43.8 Å². The number of likely N-dealkylation sites (tertiary alicyclic amines) is 1. The summed E-state index contributed by atoms with van der Waals surface area (Å²) in [5, 5.41) is 0. The highest BCUT2D eigenvalue weighted by Crippen LogP contribution is 2.31. The molecule has 29 heavy (non-hydrogen) atoms. The Balaban J connectivity index is 1.67. The molecular weight excluding hydrogens is 370 g/mol. The normalized spacial score (nSPS) is 16.9. The minimum absolute atomic E-state index is 0.0653. The van der Waals surface area contributed by atoms with Crippen molar-refractivity contribution in [2.24, 2.45) is 0 Å². The van der Waals surface area contributed by atoms with E-state index in [1.807, 2.05) is 54.6 Å². The molecule has 1 heterocycles. The number of methoxy groups -OCH3 is 2. The molecule has 2 aromatic carbocycles. The zero-order chi connectivity index (χ0) is 20.6. The Kier molecular flexibility index (Phi) is 7.11. The molecule has 1 fully saturated rings. The van der Waals surface area contributed by atoms with Crippen LogP contribution in [0.1, 0.15) is 36.3 Å². The number of carbonyl (C=O) groups excluding carboxylic acids is 2. The fourth-order valence-corrected chi connectivity index (χ4v) is 3.74. The molecule has 0 spiro atoms. The van der Waals surface area contributed by atoms with Crippen LogP contribution < -0.4 is 4.74 Å². The van der Waals surface area contributed by atoms with E-state index in [1.54, 1.807) is 12.0 Å². The van der Waals surface area contributed by atoms with Gasteiger partial charge in [-0.3, -0.25) is 4.79 Å². The summed E-state index contributed by atoms with van der Waals surface area (Å²) in [6.45, 7) is 0.872. The van der Waals surface area contributed by atoms with Crippen molar-refractivity contribution >= 4 is 12.1 Å². The molecule has 2 atom stereocenters. The average Bonchev–Trinajstić information content (AvgIpc) is 3.24. The molecule has 1 amide bonds. The number of nitrogens with zero attached hydrogens (tertiary/aromatic N) is 1. The molecular formula is C23H27NO5. The van der Waals surface area contributed by atoms with Gasteiger partial charge in [0, 0.05) is 12.6 Å². The smallest absolute Gasteiger partial charge is 0.410 e. The third kappa shape index (κ3) is 5.28. The van der Waals surface area contributed by atoms with E-state index in [0.717, 1.165) is 29.7 Å². The lowest BCUT2D eigenvalue weighted by Gasteiger charge is -2.27. The van der Waals surface area contributed by atoms with Gasteiger partial charge >= 0.3 is 12.1 Å². The Hall–Kier alpha value is -3.02. The van der Waals surface area contributed by atoms with Crippen LogP contribution in [0, 0.1) is 0 Å². The molecule has 0 aliphatic carbocycles. The number of hydrogen-bond acceptors (Lipinski definition) is 5. The first-order chi connectivity index (χ1) is 14.1. The topological polar surface area (TPSA) is 65.1 Å². The van der Waals surface area contributed by atoms with Gasteiger partial charge in [0.25, 0.3) is 0 Å². The number of esters is 1. The molecule has 0 radical (unpaired) electrons. The molecule has 0 N–H and O–H groups in total. The minimum Gasteiger partial charge on any atom is -0.497 e. The summed E-state index contributed by atoms with van der Waals surface area (Å²) in [4.78, 5) is 26.8. The lowest BCUT2D eigenvalue weighted by molar-refractivity contribution is -0.143. The molecule has 0 saturated carbocycles. The Labute approximate surface area is 171 Å². The van der Waals surface area contributed by atoms with Crippen LogP contribution in [0.15, 0.2) is 54.6 Å². The Morgan fingerprint density at radius 2 is 1.79 bits per heavy atom. The first kappa shape index (κ1) is 20.7.